The first-order valence-corrected chi connectivity index (χ1v) is 16.1. The minimum absolute atomic E-state index is 0.0198. The number of H-pyrrole nitrogens is 1. The Bertz CT molecular complexity index is 1000. The quantitative estimate of drug-likeness (QED) is 0.137. The van der Waals surface area contributed by atoms with Crippen LogP contribution in [0.3, 0.4) is 0 Å². The molecule has 42 heavy (non-hydrogen) atoms. The molecule has 12 nitrogen and oxygen atoms in total. The molecule has 0 saturated heterocycles. The van der Waals surface area contributed by atoms with E-state index in [0.717, 1.165) is 0 Å². The third-order valence-corrected chi connectivity index (χ3v) is 7.28. The summed E-state index contributed by atoms with van der Waals surface area (Å²) in [4.78, 5) is 51.3. The highest BCUT2D eigenvalue weighted by Gasteiger charge is 2.31. The van der Waals surface area contributed by atoms with Gasteiger partial charge >= 0.3 is 6.09 Å². The number of nitrogens with one attached hydrogen (secondary N) is 5. The van der Waals surface area contributed by atoms with Crippen molar-refractivity contribution in [3.63, 3.8) is 0 Å². The fourth-order valence-corrected chi connectivity index (χ4v) is 4.81. The number of aromatic amines is 1. The monoisotopic (exact) mass is 613 g/mol. The van der Waals surface area contributed by atoms with E-state index in [1.807, 2.05) is 54.8 Å². The number of aliphatic hydroxyl groups is 1. The van der Waals surface area contributed by atoms with Crippen LogP contribution in [0.2, 0.25) is 0 Å². The van der Waals surface area contributed by atoms with E-state index in [9.17, 15) is 24.3 Å². The van der Waals surface area contributed by atoms with Crippen molar-refractivity contribution in [3.05, 3.63) is 18.0 Å². The van der Waals surface area contributed by atoms with E-state index in [1.54, 1.807) is 23.9 Å². The summed E-state index contributed by atoms with van der Waals surface area (Å²) in [5, 5.41) is 25.3. The number of carbonyl (C=O) groups is 4. The maximum Gasteiger partial charge on any atom is 0.408 e. The van der Waals surface area contributed by atoms with Crippen molar-refractivity contribution >= 4 is 35.6 Å². The first kappa shape index (κ1) is 37.2. The number of rotatable bonds is 18. The highest BCUT2D eigenvalue weighted by molar-refractivity contribution is 7.98. The summed E-state index contributed by atoms with van der Waals surface area (Å²) in [6.45, 7) is 13.9. The first-order chi connectivity index (χ1) is 19.6. The predicted molar refractivity (Wildman–Crippen MR) is 163 cm³/mol. The maximum absolute atomic E-state index is 13.2. The minimum Gasteiger partial charge on any atom is -0.443 e. The lowest BCUT2D eigenvalue weighted by atomic mass is 9.91. The summed E-state index contributed by atoms with van der Waals surface area (Å²) in [5.74, 6) is -1.04. The molecule has 0 radical (unpaired) electrons. The fraction of sp³-hybridized carbons (Fsp3) is 0.759. The van der Waals surface area contributed by atoms with Gasteiger partial charge < -0.3 is 31.1 Å². The first-order valence-electron chi connectivity index (χ1n) is 14.7. The van der Waals surface area contributed by atoms with Crippen LogP contribution in [-0.4, -0.2) is 76.8 Å². The van der Waals surface area contributed by atoms with E-state index in [4.69, 9.17) is 4.74 Å². The second kappa shape index (κ2) is 18.7. The lowest BCUT2D eigenvalue weighted by Crippen LogP contribution is -2.54. The Balaban J connectivity index is 2.83. The molecule has 0 aliphatic carbocycles. The molecular formula is C29H53N6O6S+. The van der Waals surface area contributed by atoms with Crippen molar-refractivity contribution in [2.45, 2.75) is 92.1 Å². The Morgan fingerprint density at radius 1 is 0.952 bits per heavy atom. The van der Waals surface area contributed by atoms with Gasteiger partial charge in [-0.15, -0.1) is 4.68 Å². The molecule has 0 bridgehead atoms. The average molecular weight is 614 g/mol. The number of ether oxygens (including phenoxy) is 1. The molecule has 0 aromatic carbocycles. The van der Waals surface area contributed by atoms with E-state index in [0.29, 0.717) is 24.4 Å². The Morgan fingerprint density at radius 2 is 1.62 bits per heavy atom. The van der Waals surface area contributed by atoms with Gasteiger partial charge in [0.2, 0.25) is 17.7 Å². The predicted octanol–water partition coefficient (Wildman–Crippen LogP) is 1.63. The summed E-state index contributed by atoms with van der Waals surface area (Å²) >= 11 is 1.39. The maximum atomic E-state index is 13.2. The van der Waals surface area contributed by atoms with Crippen LogP contribution in [0.1, 0.15) is 67.0 Å². The zero-order valence-corrected chi connectivity index (χ0v) is 27.5. The molecule has 0 unspecified atom stereocenters. The number of alkyl carbamates (subject to hydrolysis) is 1. The summed E-state index contributed by atoms with van der Waals surface area (Å²) in [6.07, 6.45) is 2.40. The molecule has 240 valence electrons. The van der Waals surface area contributed by atoms with Crippen LogP contribution in [0.25, 0.3) is 0 Å². The number of aliphatic hydroxyl groups excluding tert-OH is 1. The lowest BCUT2D eigenvalue weighted by molar-refractivity contribution is -0.727. The Kier molecular flexibility index (Phi) is 16.6. The number of nitrogens with zero attached hydrogens (tertiary/aromatic N) is 1. The van der Waals surface area contributed by atoms with E-state index >= 15 is 0 Å². The van der Waals surface area contributed by atoms with Gasteiger partial charge in [-0.1, -0.05) is 48.5 Å². The van der Waals surface area contributed by atoms with E-state index in [1.165, 1.54) is 11.8 Å². The number of amides is 4. The Hall–Kier alpha value is -2.80. The molecule has 0 saturated carbocycles. The Labute approximate surface area is 254 Å². The summed E-state index contributed by atoms with van der Waals surface area (Å²) < 4.78 is 6.97. The van der Waals surface area contributed by atoms with E-state index in [2.05, 4.69) is 26.4 Å². The number of hydrogen-bond acceptors (Lipinski definition) is 7. The van der Waals surface area contributed by atoms with Gasteiger partial charge in [-0.05, 0) is 36.9 Å². The van der Waals surface area contributed by atoms with Crippen LogP contribution in [0.15, 0.2) is 12.3 Å². The van der Waals surface area contributed by atoms with Crippen molar-refractivity contribution in [2.24, 2.45) is 30.7 Å². The third kappa shape index (κ3) is 13.9. The van der Waals surface area contributed by atoms with Crippen LogP contribution in [0, 0.1) is 23.7 Å². The van der Waals surface area contributed by atoms with Gasteiger partial charge in [0.15, 0.2) is 13.2 Å². The molecule has 0 spiro atoms. The molecule has 1 rings (SSSR count). The molecule has 0 aliphatic rings. The largest absolute Gasteiger partial charge is 0.443 e. The van der Waals surface area contributed by atoms with Gasteiger partial charge in [0.05, 0.1) is 12.1 Å². The van der Waals surface area contributed by atoms with Crippen LogP contribution in [-0.2, 0) is 32.8 Å². The number of thioether (sulfide) groups is 1. The highest BCUT2D eigenvalue weighted by atomic mass is 32.2. The van der Waals surface area contributed by atoms with Gasteiger partial charge in [-0.25, -0.2) is 4.79 Å². The van der Waals surface area contributed by atoms with Gasteiger partial charge in [0, 0.05) is 24.3 Å². The van der Waals surface area contributed by atoms with Gasteiger partial charge in [-0.3, -0.25) is 14.4 Å². The molecule has 0 fully saturated rings. The van der Waals surface area contributed by atoms with E-state index in [-0.39, 0.29) is 42.6 Å². The van der Waals surface area contributed by atoms with Gasteiger partial charge in [0.25, 0.3) is 0 Å². The zero-order valence-electron chi connectivity index (χ0n) is 26.7. The third-order valence-electron chi connectivity index (χ3n) is 6.61. The minimum atomic E-state index is -1.03. The molecule has 13 heteroatoms. The highest BCUT2D eigenvalue weighted by Crippen LogP contribution is 2.17. The summed E-state index contributed by atoms with van der Waals surface area (Å²) in [5.41, 5.74) is 0.702. The molecule has 5 atom stereocenters. The number of aromatic nitrogens is 2. The molecule has 4 amide bonds. The van der Waals surface area contributed by atoms with Gasteiger partial charge in [-0.2, -0.15) is 16.9 Å². The van der Waals surface area contributed by atoms with Gasteiger partial charge in [0.1, 0.15) is 24.4 Å². The van der Waals surface area contributed by atoms with E-state index < -0.39 is 42.1 Å². The molecular weight excluding hydrogens is 560 g/mol. The van der Waals surface area contributed by atoms with Crippen LogP contribution in [0.4, 0.5) is 4.79 Å². The topological polar surface area (TPSA) is 166 Å². The molecule has 1 heterocycles. The second-order valence-corrected chi connectivity index (χ2v) is 13.0. The van der Waals surface area contributed by atoms with Crippen molar-refractivity contribution in [2.75, 3.05) is 18.6 Å². The van der Waals surface area contributed by atoms with Crippen LogP contribution >= 0.6 is 11.8 Å². The smallest absolute Gasteiger partial charge is 0.408 e. The number of aryl methyl sites for hydroxylation is 1. The molecule has 1 aromatic rings. The lowest BCUT2D eigenvalue weighted by Gasteiger charge is -2.30. The Morgan fingerprint density at radius 3 is 2.14 bits per heavy atom. The van der Waals surface area contributed by atoms with Crippen molar-refractivity contribution in [1.29, 1.82) is 0 Å². The van der Waals surface area contributed by atoms with Crippen molar-refractivity contribution in [1.82, 2.24) is 26.4 Å². The summed E-state index contributed by atoms with van der Waals surface area (Å²) in [6, 6.07) is -0.446. The standard InChI is InChI=1S/C29H52N6O6S/c1-17(2)12-22(24(36)13-20(7)26(37)33-25(19(5)6)28(39)30-14-18(3)4)31-27(38)23(16-42-9)32-29(40)41-15-21-10-11-35(8)34-21/h10-11,17-20,22-25,36H,12-16H2,1-9H3,(H4,30,31,32,33,37,38,39,40)/p+1/t20-,22+,23+,24+,25+/m1/s1. The molecule has 1 aromatic heterocycles. The van der Waals surface area contributed by atoms with Crippen LogP contribution in [0.5, 0.6) is 0 Å². The molecule has 6 N–H and O–H groups in total. The molecule has 0 aliphatic heterocycles. The van der Waals surface area contributed by atoms with Crippen LogP contribution < -0.4 is 25.9 Å². The second-order valence-electron chi connectivity index (χ2n) is 12.1. The normalized spacial score (nSPS) is 15.1. The average Bonchev–Trinajstić information content (AvgIpc) is 3.32. The zero-order chi connectivity index (χ0) is 32.0. The fourth-order valence-electron chi connectivity index (χ4n) is 4.24. The number of hydrogen-bond donors (Lipinski definition) is 6. The van der Waals surface area contributed by atoms with Crippen molar-refractivity contribution < 1.29 is 33.7 Å². The van der Waals surface area contributed by atoms with Crippen molar-refractivity contribution in [3.8, 4) is 0 Å². The SMILES string of the molecule is CSC[C@H](NC(=O)OCc1cc[n+](C)[nH]1)C(=O)N[C@@H](CC(C)C)[C@@H](O)C[C@@H](C)C(=O)N[C@H](C(=O)NCC(C)C)C(C)C. The summed E-state index contributed by atoms with van der Waals surface area (Å²) in [7, 11) is 1.81. The number of carbonyl (C=O) groups excluding carboxylic acids is 4.